The average molecular weight is 197 g/mol. The zero-order valence-corrected chi connectivity index (χ0v) is 8.65. The summed E-state index contributed by atoms with van der Waals surface area (Å²) < 4.78 is 10.2. The van der Waals surface area contributed by atoms with Gasteiger partial charge in [0.25, 0.3) is 5.88 Å². The van der Waals surface area contributed by atoms with E-state index in [0.717, 1.165) is 0 Å². The second-order valence-corrected chi connectivity index (χ2v) is 2.87. The molecule has 1 N–H and O–H groups in total. The number of aliphatic hydroxyl groups is 1. The van der Waals surface area contributed by atoms with Gasteiger partial charge in [-0.25, -0.2) is 4.98 Å². The highest BCUT2D eigenvalue weighted by Gasteiger charge is 2.16. The van der Waals surface area contributed by atoms with Gasteiger partial charge in [-0.3, -0.25) is 0 Å². The van der Waals surface area contributed by atoms with Gasteiger partial charge in [-0.1, -0.05) is 6.92 Å². The SMILES string of the molecule is CCC(O)c1ccnc(OC)c1OC. The zero-order chi connectivity index (χ0) is 10.6. The average Bonchev–Trinajstić information content (AvgIpc) is 2.26. The maximum Gasteiger partial charge on any atom is 0.257 e. The Morgan fingerprint density at radius 2 is 2.14 bits per heavy atom. The van der Waals surface area contributed by atoms with Gasteiger partial charge in [-0.2, -0.15) is 0 Å². The number of hydrogen-bond donors (Lipinski definition) is 1. The first kappa shape index (κ1) is 10.8. The fourth-order valence-electron chi connectivity index (χ4n) is 1.28. The van der Waals surface area contributed by atoms with Crippen molar-refractivity contribution >= 4 is 0 Å². The first-order chi connectivity index (χ1) is 6.74. The van der Waals surface area contributed by atoms with Crippen LogP contribution >= 0.6 is 0 Å². The third-order valence-electron chi connectivity index (χ3n) is 2.05. The molecule has 1 atom stereocenters. The van der Waals surface area contributed by atoms with E-state index in [9.17, 15) is 5.11 Å². The predicted octanol–water partition coefficient (Wildman–Crippen LogP) is 1.54. The second-order valence-electron chi connectivity index (χ2n) is 2.87. The molecule has 0 aliphatic carbocycles. The molecular weight excluding hydrogens is 182 g/mol. The molecule has 0 bridgehead atoms. The summed E-state index contributed by atoms with van der Waals surface area (Å²) in [7, 11) is 3.05. The highest BCUT2D eigenvalue weighted by atomic mass is 16.5. The minimum atomic E-state index is -0.540. The molecule has 4 nitrogen and oxygen atoms in total. The van der Waals surface area contributed by atoms with Crippen LogP contribution in [0, 0.1) is 0 Å². The number of methoxy groups -OCH3 is 2. The topological polar surface area (TPSA) is 51.6 Å². The number of hydrogen-bond acceptors (Lipinski definition) is 4. The van der Waals surface area contributed by atoms with E-state index in [1.165, 1.54) is 14.2 Å². The second kappa shape index (κ2) is 4.81. The van der Waals surface area contributed by atoms with Crippen LogP contribution in [0.5, 0.6) is 11.6 Å². The maximum atomic E-state index is 9.70. The molecule has 0 saturated heterocycles. The largest absolute Gasteiger partial charge is 0.491 e. The Bertz CT molecular complexity index is 301. The van der Waals surface area contributed by atoms with Crippen LogP contribution in [0.1, 0.15) is 25.0 Å². The molecule has 0 amide bonds. The molecule has 0 aliphatic heterocycles. The van der Waals surface area contributed by atoms with Gasteiger partial charge >= 0.3 is 0 Å². The van der Waals surface area contributed by atoms with E-state index >= 15 is 0 Å². The monoisotopic (exact) mass is 197 g/mol. The van der Waals surface area contributed by atoms with Crippen molar-refractivity contribution in [2.24, 2.45) is 0 Å². The number of aliphatic hydroxyl groups excluding tert-OH is 1. The van der Waals surface area contributed by atoms with Crippen LogP contribution in [0.4, 0.5) is 0 Å². The molecule has 0 aromatic carbocycles. The molecule has 78 valence electrons. The predicted molar refractivity (Wildman–Crippen MR) is 52.6 cm³/mol. The van der Waals surface area contributed by atoms with Crippen LogP contribution in [-0.4, -0.2) is 24.3 Å². The van der Waals surface area contributed by atoms with Crippen molar-refractivity contribution in [3.05, 3.63) is 17.8 Å². The number of rotatable bonds is 4. The smallest absolute Gasteiger partial charge is 0.257 e. The van der Waals surface area contributed by atoms with Crippen LogP contribution in [0.2, 0.25) is 0 Å². The molecule has 1 unspecified atom stereocenters. The number of aromatic nitrogens is 1. The fourth-order valence-corrected chi connectivity index (χ4v) is 1.28. The Kier molecular flexibility index (Phi) is 3.71. The zero-order valence-electron chi connectivity index (χ0n) is 8.65. The van der Waals surface area contributed by atoms with Crippen LogP contribution in [0.15, 0.2) is 12.3 Å². The molecule has 14 heavy (non-hydrogen) atoms. The first-order valence-electron chi connectivity index (χ1n) is 4.49. The summed E-state index contributed by atoms with van der Waals surface area (Å²) in [5.74, 6) is 0.904. The number of ether oxygens (including phenoxy) is 2. The lowest BCUT2D eigenvalue weighted by Gasteiger charge is -2.14. The normalized spacial score (nSPS) is 12.3. The minimum Gasteiger partial charge on any atom is -0.491 e. The van der Waals surface area contributed by atoms with Crippen molar-refractivity contribution in [1.29, 1.82) is 0 Å². The molecule has 0 radical (unpaired) electrons. The Hall–Kier alpha value is -1.29. The van der Waals surface area contributed by atoms with Crippen LogP contribution in [-0.2, 0) is 0 Å². The van der Waals surface area contributed by atoms with E-state index in [-0.39, 0.29) is 0 Å². The Morgan fingerprint density at radius 3 is 2.64 bits per heavy atom. The number of pyridine rings is 1. The quantitative estimate of drug-likeness (QED) is 0.795. The van der Waals surface area contributed by atoms with Crippen molar-refractivity contribution in [2.75, 3.05) is 14.2 Å². The van der Waals surface area contributed by atoms with Crippen LogP contribution < -0.4 is 9.47 Å². The summed E-state index contributed by atoms with van der Waals surface area (Å²) in [5.41, 5.74) is 0.710. The van der Waals surface area contributed by atoms with E-state index in [1.807, 2.05) is 6.92 Å². The molecule has 1 aromatic rings. The van der Waals surface area contributed by atoms with E-state index in [1.54, 1.807) is 12.3 Å². The maximum absolute atomic E-state index is 9.70. The molecular formula is C10H15NO3. The summed E-state index contributed by atoms with van der Waals surface area (Å²) in [6, 6.07) is 1.73. The first-order valence-corrected chi connectivity index (χ1v) is 4.49. The lowest BCUT2D eigenvalue weighted by Crippen LogP contribution is -2.02. The van der Waals surface area contributed by atoms with Crippen molar-refractivity contribution in [2.45, 2.75) is 19.4 Å². The standard InChI is InChI=1S/C10H15NO3/c1-4-8(12)7-5-6-11-10(14-3)9(7)13-2/h5-6,8,12H,4H2,1-3H3. The highest BCUT2D eigenvalue weighted by molar-refractivity contribution is 5.42. The van der Waals surface area contributed by atoms with E-state index < -0.39 is 6.10 Å². The third-order valence-corrected chi connectivity index (χ3v) is 2.05. The lowest BCUT2D eigenvalue weighted by atomic mass is 10.1. The van der Waals surface area contributed by atoms with Gasteiger partial charge in [0, 0.05) is 11.8 Å². The summed E-state index contributed by atoms with van der Waals surface area (Å²) >= 11 is 0. The highest BCUT2D eigenvalue weighted by Crippen LogP contribution is 2.33. The molecule has 1 rings (SSSR count). The van der Waals surface area contributed by atoms with Crippen molar-refractivity contribution in [3.8, 4) is 11.6 Å². The fraction of sp³-hybridized carbons (Fsp3) is 0.500. The molecule has 0 saturated carbocycles. The van der Waals surface area contributed by atoms with Crippen LogP contribution in [0.3, 0.4) is 0 Å². The molecule has 0 fully saturated rings. The van der Waals surface area contributed by atoms with E-state index in [0.29, 0.717) is 23.6 Å². The Morgan fingerprint density at radius 1 is 1.43 bits per heavy atom. The third kappa shape index (κ3) is 1.96. The summed E-state index contributed by atoms with van der Waals surface area (Å²) in [6.45, 7) is 1.90. The summed E-state index contributed by atoms with van der Waals surface area (Å²) in [5, 5.41) is 9.70. The van der Waals surface area contributed by atoms with E-state index in [4.69, 9.17) is 9.47 Å². The van der Waals surface area contributed by atoms with Crippen LogP contribution in [0.25, 0.3) is 0 Å². The summed E-state index contributed by atoms with van der Waals surface area (Å²) in [6.07, 6.45) is 1.68. The van der Waals surface area contributed by atoms with Gasteiger partial charge in [0.1, 0.15) is 0 Å². The van der Waals surface area contributed by atoms with Gasteiger partial charge in [0.2, 0.25) is 0 Å². The summed E-state index contributed by atoms with van der Waals surface area (Å²) in [4.78, 5) is 3.99. The van der Waals surface area contributed by atoms with Gasteiger partial charge in [0.05, 0.1) is 20.3 Å². The molecule has 1 heterocycles. The number of nitrogens with zero attached hydrogens (tertiary/aromatic N) is 1. The minimum absolute atomic E-state index is 0.400. The Labute approximate surface area is 83.5 Å². The van der Waals surface area contributed by atoms with Gasteiger partial charge in [-0.15, -0.1) is 0 Å². The molecule has 1 aromatic heterocycles. The van der Waals surface area contributed by atoms with Crippen molar-refractivity contribution in [3.63, 3.8) is 0 Å². The van der Waals surface area contributed by atoms with Gasteiger partial charge < -0.3 is 14.6 Å². The molecule has 0 aliphatic rings. The van der Waals surface area contributed by atoms with Gasteiger partial charge in [-0.05, 0) is 12.5 Å². The lowest BCUT2D eigenvalue weighted by molar-refractivity contribution is 0.168. The molecule has 0 spiro atoms. The molecule has 4 heteroatoms. The Balaban J connectivity index is 3.14. The van der Waals surface area contributed by atoms with E-state index in [2.05, 4.69) is 4.98 Å². The van der Waals surface area contributed by atoms with Gasteiger partial charge in [0.15, 0.2) is 5.75 Å². The van der Waals surface area contributed by atoms with Crippen molar-refractivity contribution < 1.29 is 14.6 Å². The van der Waals surface area contributed by atoms with Crippen molar-refractivity contribution in [1.82, 2.24) is 4.98 Å².